The number of carbonyl (C=O) groups is 1. The summed E-state index contributed by atoms with van der Waals surface area (Å²) in [5.41, 5.74) is 0.169. The van der Waals surface area contributed by atoms with Gasteiger partial charge in [-0.1, -0.05) is 6.07 Å². The van der Waals surface area contributed by atoms with Crippen molar-refractivity contribution in [3.05, 3.63) is 52.2 Å². The molecule has 0 saturated heterocycles. The van der Waals surface area contributed by atoms with Crippen LogP contribution in [0.3, 0.4) is 0 Å². The number of hydrogen-bond acceptors (Lipinski definition) is 2. The Balaban J connectivity index is 2.56. The van der Waals surface area contributed by atoms with Gasteiger partial charge in [-0.25, -0.2) is 9.07 Å². The van der Waals surface area contributed by atoms with Gasteiger partial charge in [0.15, 0.2) is 5.78 Å². The average Bonchev–Trinajstić information content (AvgIpc) is 2.60. The van der Waals surface area contributed by atoms with E-state index < -0.39 is 11.4 Å². The predicted octanol–water partition coefficient (Wildman–Crippen LogP) is 1.51. The highest BCUT2D eigenvalue weighted by atomic mass is 19.1. The van der Waals surface area contributed by atoms with E-state index in [9.17, 15) is 14.0 Å². The molecule has 0 spiro atoms. The van der Waals surface area contributed by atoms with Gasteiger partial charge in [-0.15, -0.1) is 0 Å². The van der Waals surface area contributed by atoms with Crippen LogP contribution in [0.15, 0.2) is 35.1 Å². The third-order valence-corrected chi connectivity index (χ3v) is 2.17. The summed E-state index contributed by atoms with van der Waals surface area (Å²) in [5.74, 6) is -0.685. The number of carbonyl (C=O) groups excluding carboxylic acids is 1. The first-order valence-corrected chi connectivity index (χ1v) is 4.67. The lowest BCUT2D eigenvalue weighted by molar-refractivity contribution is 0.101. The Morgan fingerprint density at radius 1 is 1.38 bits per heavy atom. The van der Waals surface area contributed by atoms with Gasteiger partial charge >= 0.3 is 0 Å². The maximum Gasteiger partial charge on any atom is 0.271 e. The van der Waals surface area contributed by atoms with Gasteiger partial charge in [0.25, 0.3) is 5.56 Å². The molecule has 0 unspecified atom stereocenters. The highest BCUT2D eigenvalue weighted by Gasteiger charge is 2.08. The zero-order chi connectivity index (χ0) is 11.7. The summed E-state index contributed by atoms with van der Waals surface area (Å²) in [7, 11) is 0. The van der Waals surface area contributed by atoms with Gasteiger partial charge in [0, 0.05) is 13.0 Å². The molecular formula is C11H9FN2O2. The Hall–Kier alpha value is -2.17. The molecule has 1 N–H and O–H groups in total. The molecule has 0 bridgehead atoms. The number of H-pyrrole nitrogens is 1. The lowest BCUT2D eigenvalue weighted by Gasteiger charge is -2.00. The van der Waals surface area contributed by atoms with Crippen LogP contribution >= 0.6 is 0 Å². The smallest absolute Gasteiger partial charge is 0.271 e. The minimum atomic E-state index is -0.441. The lowest BCUT2D eigenvalue weighted by Crippen LogP contribution is -2.13. The predicted molar refractivity (Wildman–Crippen MR) is 56.4 cm³/mol. The van der Waals surface area contributed by atoms with Gasteiger partial charge in [-0.05, 0) is 18.2 Å². The number of rotatable bonds is 2. The minimum absolute atomic E-state index is 0.203. The van der Waals surface area contributed by atoms with E-state index >= 15 is 0 Å². The normalized spacial score (nSPS) is 10.4. The third-order valence-electron chi connectivity index (χ3n) is 2.17. The van der Waals surface area contributed by atoms with E-state index in [1.807, 2.05) is 0 Å². The fraction of sp³-hybridized carbons (Fsp3) is 0.0909. The number of aromatic amines is 1. The Bertz CT molecular complexity index is 598. The monoisotopic (exact) mass is 220 g/mol. The number of nitrogens with one attached hydrogen (secondary N) is 1. The van der Waals surface area contributed by atoms with Crippen LogP contribution in [0.2, 0.25) is 0 Å². The summed E-state index contributed by atoms with van der Waals surface area (Å²) < 4.78 is 14.1. The van der Waals surface area contributed by atoms with E-state index in [1.54, 1.807) is 6.07 Å². The zero-order valence-corrected chi connectivity index (χ0v) is 8.53. The molecule has 82 valence electrons. The molecule has 1 heterocycles. The average molecular weight is 220 g/mol. The summed E-state index contributed by atoms with van der Waals surface area (Å²) in [5, 5.41) is 2.61. The van der Waals surface area contributed by atoms with E-state index in [1.165, 1.54) is 31.2 Å². The van der Waals surface area contributed by atoms with E-state index in [4.69, 9.17) is 0 Å². The number of ketones is 1. The second-order valence-corrected chi connectivity index (χ2v) is 3.38. The first kappa shape index (κ1) is 10.4. The van der Waals surface area contributed by atoms with Crippen molar-refractivity contribution in [2.75, 3.05) is 0 Å². The number of halogens is 1. The van der Waals surface area contributed by atoms with Crippen LogP contribution in [0, 0.1) is 5.82 Å². The molecule has 16 heavy (non-hydrogen) atoms. The van der Waals surface area contributed by atoms with Crippen molar-refractivity contribution >= 4 is 5.78 Å². The molecule has 0 fully saturated rings. The van der Waals surface area contributed by atoms with Crippen LogP contribution in [-0.4, -0.2) is 15.6 Å². The van der Waals surface area contributed by atoms with Crippen LogP contribution in [0.5, 0.6) is 0 Å². The van der Waals surface area contributed by atoms with Crippen molar-refractivity contribution < 1.29 is 9.18 Å². The Morgan fingerprint density at radius 3 is 2.69 bits per heavy atom. The molecule has 0 aliphatic heterocycles. The van der Waals surface area contributed by atoms with E-state index in [-0.39, 0.29) is 11.5 Å². The maximum atomic E-state index is 13.0. The number of nitrogens with zero attached hydrogens (tertiary/aromatic N) is 1. The number of hydrogen-bond donors (Lipinski definition) is 1. The molecular weight excluding hydrogens is 211 g/mol. The number of aromatic nitrogens is 2. The number of Topliss-reactive ketones (excluding diaryl/α,β-unsaturated/α-hetero) is 1. The minimum Gasteiger partial charge on any atom is -0.293 e. The van der Waals surface area contributed by atoms with Crippen LogP contribution in [0.1, 0.15) is 17.4 Å². The number of benzene rings is 1. The van der Waals surface area contributed by atoms with E-state index in [2.05, 4.69) is 5.10 Å². The Labute approximate surface area is 90.3 Å². The molecule has 0 aliphatic rings. The topological polar surface area (TPSA) is 54.9 Å². The Morgan fingerprint density at radius 2 is 2.12 bits per heavy atom. The summed E-state index contributed by atoms with van der Waals surface area (Å²) in [6.45, 7) is 1.35. The zero-order valence-electron chi connectivity index (χ0n) is 8.53. The standard InChI is InChI=1S/C11H9FN2O2/c1-7(15)10-6-11(16)14(13-10)9-4-2-3-8(12)5-9/h2-6,13H,1H3. The van der Waals surface area contributed by atoms with Crippen molar-refractivity contribution in [2.24, 2.45) is 0 Å². The molecule has 0 saturated carbocycles. The molecule has 0 atom stereocenters. The molecule has 4 nitrogen and oxygen atoms in total. The molecule has 0 amide bonds. The van der Waals surface area contributed by atoms with Crippen LogP contribution < -0.4 is 5.56 Å². The summed E-state index contributed by atoms with van der Waals surface area (Å²) >= 11 is 0. The fourth-order valence-corrected chi connectivity index (χ4v) is 1.38. The van der Waals surface area contributed by atoms with Crippen LogP contribution in [-0.2, 0) is 0 Å². The third kappa shape index (κ3) is 1.79. The van der Waals surface area contributed by atoms with Gasteiger partial charge in [0.1, 0.15) is 11.5 Å². The second kappa shape index (κ2) is 3.77. The van der Waals surface area contributed by atoms with Gasteiger partial charge in [-0.3, -0.25) is 14.7 Å². The van der Waals surface area contributed by atoms with E-state index in [0.29, 0.717) is 5.69 Å². The molecule has 2 aromatic rings. The van der Waals surface area contributed by atoms with E-state index in [0.717, 1.165) is 4.68 Å². The van der Waals surface area contributed by atoms with Gasteiger partial charge in [0.05, 0.1) is 5.69 Å². The molecule has 1 aromatic heterocycles. The van der Waals surface area contributed by atoms with Crippen molar-refractivity contribution in [3.63, 3.8) is 0 Å². The van der Waals surface area contributed by atoms with Gasteiger partial charge < -0.3 is 0 Å². The SMILES string of the molecule is CC(=O)c1cc(=O)n(-c2cccc(F)c2)[nH]1. The van der Waals surface area contributed by atoms with Crippen LogP contribution in [0.4, 0.5) is 4.39 Å². The van der Waals surface area contributed by atoms with Crippen molar-refractivity contribution in [3.8, 4) is 5.69 Å². The highest BCUT2D eigenvalue weighted by molar-refractivity contribution is 5.91. The first-order valence-electron chi connectivity index (χ1n) is 4.67. The van der Waals surface area contributed by atoms with Crippen molar-refractivity contribution in [2.45, 2.75) is 6.92 Å². The maximum absolute atomic E-state index is 13.0. The van der Waals surface area contributed by atoms with Gasteiger partial charge in [0.2, 0.25) is 0 Å². The highest BCUT2D eigenvalue weighted by Crippen LogP contribution is 2.07. The molecule has 0 radical (unpaired) electrons. The molecule has 5 heteroatoms. The molecule has 2 rings (SSSR count). The summed E-state index contributed by atoms with van der Waals surface area (Å²) in [6.07, 6.45) is 0. The quantitative estimate of drug-likeness (QED) is 0.780. The second-order valence-electron chi connectivity index (χ2n) is 3.38. The molecule has 0 aliphatic carbocycles. The van der Waals surface area contributed by atoms with Crippen molar-refractivity contribution in [1.82, 2.24) is 9.78 Å². The largest absolute Gasteiger partial charge is 0.293 e. The fourth-order valence-electron chi connectivity index (χ4n) is 1.38. The lowest BCUT2D eigenvalue weighted by atomic mass is 10.3. The van der Waals surface area contributed by atoms with Crippen LogP contribution in [0.25, 0.3) is 5.69 Å². The summed E-state index contributed by atoms with van der Waals surface area (Å²) in [4.78, 5) is 22.6. The van der Waals surface area contributed by atoms with Gasteiger partial charge in [-0.2, -0.15) is 0 Å². The molecule has 1 aromatic carbocycles. The Kier molecular flexibility index (Phi) is 2.44. The first-order chi connectivity index (χ1) is 7.58. The van der Waals surface area contributed by atoms with Crippen molar-refractivity contribution in [1.29, 1.82) is 0 Å². The summed E-state index contributed by atoms with van der Waals surface area (Å²) in [6, 6.07) is 6.74.